The van der Waals surface area contributed by atoms with E-state index in [4.69, 9.17) is 18.9 Å². The number of hydrogen-bond donors (Lipinski definition) is 0. The van der Waals surface area contributed by atoms with Gasteiger partial charge >= 0.3 is 11.9 Å². The van der Waals surface area contributed by atoms with Crippen LogP contribution in [0.3, 0.4) is 0 Å². The van der Waals surface area contributed by atoms with E-state index >= 15 is 0 Å². The lowest BCUT2D eigenvalue weighted by Crippen LogP contribution is -2.16. The molecule has 0 fully saturated rings. The van der Waals surface area contributed by atoms with Crippen LogP contribution in [0.5, 0.6) is 0 Å². The van der Waals surface area contributed by atoms with Crippen LogP contribution in [-0.4, -0.2) is 51.6 Å². The Balaban J connectivity index is 0.874. The third-order valence-electron chi connectivity index (χ3n) is 6.95. The van der Waals surface area contributed by atoms with Crippen molar-refractivity contribution in [2.75, 3.05) is 39.6 Å². The van der Waals surface area contributed by atoms with Gasteiger partial charge in [0.1, 0.15) is 18.1 Å². The molecule has 0 saturated carbocycles. The number of carbonyl (C=O) groups is 2. The zero-order valence-corrected chi connectivity index (χ0v) is 23.0. The number of benzene rings is 2. The Morgan fingerprint density at radius 1 is 0.846 bits per heavy atom. The Hall–Kier alpha value is -3.30. The van der Waals surface area contributed by atoms with E-state index in [0.717, 1.165) is 28.5 Å². The molecule has 6 nitrogen and oxygen atoms in total. The lowest BCUT2D eigenvalue weighted by molar-refractivity contribution is -0.144. The second-order valence-electron chi connectivity index (χ2n) is 9.43. The van der Waals surface area contributed by atoms with Gasteiger partial charge in [0.2, 0.25) is 0 Å². The number of carbonyl (C=O) groups excluding carboxylic acids is 2. The summed E-state index contributed by atoms with van der Waals surface area (Å²) in [6, 6.07) is 10.4. The van der Waals surface area contributed by atoms with Crippen molar-refractivity contribution in [1.29, 1.82) is 0 Å². The molecule has 0 aliphatic heterocycles. The minimum Gasteiger partial charge on any atom is -0.463 e. The number of esters is 2. The third kappa shape index (κ3) is 5.70. The molecular formula is C31H28O6S2. The molecule has 0 N–H and O–H groups in total. The Bertz CT molecular complexity index is 1560. The SMILES string of the molecule is O=C(Cc1ccc2ccc3c4c2c1CC=C4C=CC3)OCCOCCOCCOC(=O)c1cc2cscc2s1. The molecule has 0 saturated heterocycles. The first-order chi connectivity index (χ1) is 19.2. The second kappa shape index (κ2) is 11.8. The summed E-state index contributed by atoms with van der Waals surface area (Å²) in [7, 11) is 0. The van der Waals surface area contributed by atoms with Gasteiger partial charge in [0.25, 0.3) is 0 Å². The standard InChI is InChI=1S/C31H28O6S2/c32-28(17-23-7-6-22-5-4-20-2-1-3-21-8-9-25(23)30(22)29(20)21)36-14-12-34-10-11-35-13-15-37-31(33)26-16-24-18-38-19-27(24)39-26/h1,3-8,16,18-19H,2,9-15,17H2. The summed E-state index contributed by atoms with van der Waals surface area (Å²) in [5.74, 6) is -0.578. The normalized spacial score (nSPS) is 13.6. The van der Waals surface area contributed by atoms with E-state index in [1.165, 1.54) is 44.4 Å². The smallest absolute Gasteiger partial charge is 0.348 e. The van der Waals surface area contributed by atoms with Crippen molar-refractivity contribution >= 4 is 61.0 Å². The summed E-state index contributed by atoms with van der Waals surface area (Å²) >= 11 is 3.06. The highest BCUT2D eigenvalue weighted by atomic mass is 32.1. The summed E-state index contributed by atoms with van der Waals surface area (Å²) < 4.78 is 22.8. The van der Waals surface area contributed by atoms with E-state index in [0.29, 0.717) is 31.3 Å². The summed E-state index contributed by atoms with van der Waals surface area (Å²) in [5, 5.41) is 7.62. The van der Waals surface area contributed by atoms with Gasteiger partial charge in [0.05, 0.1) is 32.8 Å². The molecule has 2 heterocycles. The molecule has 2 aromatic heterocycles. The quantitative estimate of drug-likeness (QED) is 0.153. The predicted molar refractivity (Wildman–Crippen MR) is 155 cm³/mol. The van der Waals surface area contributed by atoms with Crippen LogP contribution >= 0.6 is 22.7 Å². The second-order valence-corrected chi connectivity index (χ2v) is 11.3. The van der Waals surface area contributed by atoms with Gasteiger partial charge in [-0.2, -0.15) is 11.3 Å². The summed E-state index contributed by atoms with van der Waals surface area (Å²) in [6.07, 6.45) is 8.70. The van der Waals surface area contributed by atoms with Crippen molar-refractivity contribution in [2.45, 2.75) is 19.3 Å². The molecule has 6 rings (SSSR count). The van der Waals surface area contributed by atoms with Crippen LogP contribution in [0, 0.1) is 0 Å². The fourth-order valence-electron chi connectivity index (χ4n) is 5.13. The van der Waals surface area contributed by atoms with Crippen molar-refractivity contribution in [2.24, 2.45) is 0 Å². The maximum absolute atomic E-state index is 12.5. The molecule has 2 aromatic carbocycles. The highest BCUT2D eigenvalue weighted by Gasteiger charge is 2.22. The highest BCUT2D eigenvalue weighted by molar-refractivity contribution is 7.23. The molecule has 0 unspecified atom stereocenters. The van der Waals surface area contributed by atoms with Crippen LogP contribution in [0.15, 0.2) is 59.3 Å². The molecule has 0 bridgehead atoms. The molecule has 2 aliphatic carbocycles. The molecule has 0 radical (unpaired) electrons. The number of fused-ring (bicyclic) bond motifs is 1. The Morgan fingerprint density at radius 2 is 1.64 bits per heavy atom. The topological polar surface area (TPSA) is 71.1 Å². The van der Waals surface area contributed by atoms with Crippen LogP contribution in [-0.2, 0) is 43.0 Å². The molecule has 4 aromatic rings. The van der Waals surface area contributed by atoms with E-state index in [1.54, 1.807) is 11.3 Å². The Labute approximate surface area is 234 Å². The summed E-state index contributed by atoms with van der Waals surface area (Å²) in [6.45, 7) is 1.73. The molecule has 2 aliphatic rings. The Morgan fingerprint density at radius 3 is 2.49 bits per heavy atom. The highest BCUT2D eigenvalue weighted by Crippen LogP contribution is 2.40. The number of rotatable bonds is 12. The number of thiophene rings is 2. The largest absolute Gasteiger partial charge is 0.463 e. The van der Waals surface area contributed by atoms with Crippen molar-refractivity contribution in [3.63, 3.8) is 0 Å². The van der Waals surface area contributed by atoms with Crippen LogP contribution in [0.4, 0.5) is 0 Å². The average molecular weight is 561 g/mol. The minimum absolute atomic E-state index is 0.189. The summed E-state index contributed by atoms with van der Waals surface area (Å²) in [4.78, 5) is 25.3. The van der Waals surface area contributed by atoms with Crippen LogP contribution in [0.2, 0.25) is 0 Å². The van der Waals surface area contributed by atoms with Crippen molar-refractivity contribution in [3.8, 4) is 0 Å². The molecule has 0 atom stereocenters. The molecule has 200 valence electrons. The van der Waals surface area contributed by atoms with Crippen LogP contribution < -0.4 is 0 Å². The minimum atomic E-state index is -0.325. The van der Waals surface area contributed by atoms with Crippen LogP contribution in [0.25, 0.3) is 26.4 Å². The predicted octanol–water partition coefficient (Wildman–Crippen LogP) is 6.14. The van der Waals surface area contributed by atoms with Crippen molar-refractivity contribution in [1.82, 2.24) is 0 Å². The van der Waals surface area contributed by atoms with Gasteiger partial charge in [0, 0.05) is 15.5 Å². The van der Waals surface area contributed by atoms with Crippen LogP contribution in [0.1, 0.15) is 31.9 Å². The molecular weight excluding hydrogens is 532 g/mol. The zero-order valence-electron chi connectivity index (χ0n) is 21.4. The van der Waals surface area contributed by atoms with Gasteiger partial charge < -0.3 is 18.9 Å². The first-order valence-corrected chi connectivity index (χ1v) is 14.8. The molecule has 39 heavy (non-hydrogen) atoms. The molecule has 0 spiro atoms. The van der Waals surface area contributed by atoms with E-state index in [-0.39, 0.29) is 31.6 Å². The first kappa shape index (κ1) is 26.0. The van der Waals surface area contributed by atoms with Crippen molar-refractivity contribution < 1.29 is 28.5 Å². The average Bonchev–Trinajstić information content (AvgIpc) is 3.56. The summed E-state index contributed by atoms with van der Waals surface area (Å²) in [5.41, 5.74) is 6.21. The van der Waals surface area contributed by atoms with Gasteiger partial charge in [-0.05, 0) is 62.9 Å². The van der Waals surface area contributed by atoms with E-state index in [1.807, 2.05) is 16.8 Å². The van der Waals surface area contributed by atoms with Gasteiger partial charge in [-0.3, -0.25) is 4.79 Å². The van der Waals surface area contributed by atoms with Gasteiger partial charge in [0.15, 0.2) is 0 Å². The maximum Gasteiger partial charge on any atom is 0.348 e. The van der Waals surface area contributed by atoms with Gasteiger partial charge in [-0.15, -0.1) is 11.3 Å². The number of ether oxygens (including phenoxy) is 4. The van der Waals surface area contributed by atoms with E-state index < -0.39 is 0 Å². The fourth-order valence-corrected chi connectivity index (χ4v) is 7.04. The molecule has 0 amide bonds. The third-order valence-corrected chi connectivity index (χ3v) is 8.94. The van der Waals surface area contributed by atoms with Gasteiger partial charge in [-0.25, -0.2) is 4.79 Å². The molecule has 8 heteroatoms. The number of hydrogen-bond acceptors (Lipinski definition) is 8. The van der Waals surface area contributed by atoms with Gasteiger partial charge in [-0.1, -0.05) is 42.5 Å². The monoisotopic (exact) mass is 560 g/mol. The maximum atomic E-state index is 12.5. The van der Waals surface area contributed by atoms with E-state index in [9.17, 15) is 9.59 Å². The Kier molecular flexibility index (Phi) is 7.88. The lowest BCUT2D eigenvalue weighted by Gasteiger charge is -2.24. The first-order valence-electron chi connectivity index (χ1n) is 13.0. The zero-order chi connectivity index (χ0) is 26.6. The van der Waals surface area contributed by atoms with Crippen molar-refractivity contribution in [3.05, 3.63) is 86.5 Å². The fraction of sp³-hybridized carbons (Fsp3) is 0.290. The van der Waals surface area contributed by atoms with E-state index in [2.05, 4.69) is 42.5 Å². The lowest BCUT2D eigenvalue weighted by atomic mass is 9.80. The number of allylic oxidation sites excluding steroid dienone is 4.